The van der Waals surface area contributed by atoms with Crippen LogP contribution in [0.1, 0.15) is 22.3 Å². The molecule has 0 fully saturated rings. The molecule has 0 amide bonds. The summed E-state index contributed by atoms with van der Waals surface area (Å²) in [5.41, 5.74) is 18.6. The lowest BCUT2D eigenvalue weighted by molar-refractivity contribution is 1.07. The van der Waals surface area contributed by atoms with E-state index in [0.717, 1.165) is 111 Å². The van der Waals surface area contributed by atoms with Gasteiger partial charge < -0.3 is 9.13 Å². The Hall–Kier alpha value is -16.1. The Kier molecular flexibility index (Phi) is 15.7. The molecular weight excluding hydrogens is 1280 g/mol. The lowest BCUT2D eigenvalue weighted by Gasteiger charge is -2.21. The van der Waals surface area contributed by atoms with Crippen LogP contribution in [0.4, 0.5) is 28.4 Å². The summed E-state index contributed by atoms with van der Waals surface area (Å²) >= 11 is 0. The molecule has 0 saturated heterocycles. The van der Waals surface area contributed by atoms with Gasteiger partial charge in [-0.25, -0.2) is 39.2 Å². The highest BCUT2D eigenvalue weighted by atomic mass is 15.0. The summed E-state index contributed by atoms with van der Waals surface area (Å²) in [5.74, 6) is 1.33. The lowest BCUT2D eigenvalue weighted by atomic mass is 9.94. The van der Waals surface area contributed by atoms with Crippen molar-refractivity contribution in [3.8, 4) is 137 Å². The van der Waals surface area contributed by atoms with Crippen LogP contribution in [0.3, 0.4) is 0 Å². The molecule has 14 heteroatoms. The average Bonchev–Trinajstić information content (AvgIpc) is 1.55. The fraction of sp³-hybridized carbons (Fsp3) is 0. The molecule has 0 aliphatic heterocycles. The van der Waals surface area contributed by atoms with Crippen molar-refractivity contribution in [3.63, 3.8) is 0 Å². The Morgan fingerprint density at radius 2 is 0.558 bits per heavy atom. The number of hydrogen-bond acceptors (Lipinski definition) is 7. The maximum absolute atomic E-state index is 10.2. The second-order valence-electron chi connectivity index (χ2n) is 24.7. The third-order valence-corrected chi connectivity index (χ3v) is 18.6. The fourth-order valence-electron chi connectivity index (χ4n) is 13.8. The molecule has 0 bridgehead atoms. The number of rotatable bonds is 11. The Morgan fingerprint density at radius 1 is 0.240 bits per heavy atom. The minimum Gasteiger partial charge on any atom is -0.309 e. The minimum absolute atomic E-state index is 0.314. The van der Waals surface area contributed by atoms with Crippen LogP contribution in [0, 0.1) is 78.2 Å². The van der Waals surface area contributed by atoms with E-state index in [1.165, 1.54) is 0 Å². The SMILES string of the molecule is [C-]#[N+]c1cccc(-c2ccc(-c3cc(-c4nc(-c5ccccc5)nc(-c5ccccc5)n4)ccc3-n3c4ccc(-c5cc(C#N)cc([N+]#[C-])c5)cc4c4cc(-c5cc(C#N)cc([N+]#[C-])c5)ccc43)c(-n3c4ccc(-c5cc(C#N)cc([N+]#[C-])c5)cc4c4cc(-c5cc(C#N)cc([N+]#[C-])c5)ccc43)c2)c1. The number of nitriles is 4. The van der Waals surface area contributed by atoms with Crippen LogP contribution in [-0.4, -0.2) is 24.1 Å². The largest absolute Gasteiger partial charge is 0.309 e. The smallest absolute Gasteiger partial charge is 0.189 e. The van der Waals surface area contributed by atoms with Gasteiger partial charge in [0.25, 0.3) is 0 Å². The third-order valence-electron chi connectivity index (χ3n) is 18.6. The third kappa shape index (κ3) is 11.3. The van der Waals surface area contributed by atoms with E-state index in [0.29, 0.717) is 96.0 Å². The highest BCUT2D eigenvalue weighted by molar-refractivity contribution is 6.14. The van der Waals surface area contributed by atoms with Crippen LogP contribution < -0.4 is 0 Å². The summed E-state index contributed by atoms with van der Waals surface area (Å²) in [4.78, 5) is 34.4. The van der Waals surface area contributed by atoms with Crippen molar-refractivity contribution >= 4 is 72.0 Å². The standard InChI is InChI=1S/C90H44N14/c1-95-71-18-12-17-60(39-71)65-19-25-76(87(49-65)104-85-28-22-63(69-33-56(52-93)37-74(42-69)98-4)46-80(85)81-47-64(23-29-86(81)104)70-34-57(53-94)38-75(43-70)99-5)77-48-66(90-101-88(58-13-8-6-9-14-58)100-89(102-90)59-15-10-7-11-16-59)24-30-82(77)103-83-26-20-61(67-31-54(50-91)35-72(40-67)96-2)44-78(83)79-45-62(21-27-84(79)103)68-32-55(51-92)36-73(41-68)97-3/h6-49H. The van der Waals surface area contributed by atoms with E-state index < -0.39 is 0 Å². The summed E-state index contributed by atoms with van der Waals surface area (Å²) in [6.45, 7) is 40.1. The zero-order chi connectivity index (χ0) is 71.1. The molecule has 0 spiro atoms. The molecule has 0 N–H and O–H groups in total. The second-order valence-corrected chi connectivity index (χ2v) is 24.7. The lowest BCUT2D eigenvalue weighted by Crippen LogP contribution is -2.04. The van der Waals surface area contributed by atoms with Crippen molar-refractivity contribution in [2.75, 3.05) is 0 Å². The van der Waals surface area contributed by atoms with Gasteiger partial charge in [-0.05, 0) is 207 Å². The molecule has 16 rings (SSSR count). The predicted octanol–water partition coefficient (Wildman–Crippen LogP) is 23.3. The van der Waals surface area contributed by atoms with Crippen LogP contribution in [-0.2, 0) is 0 Å². The zero-order valence-electron chi connectivity index (χ0n) is 54.7. The number of hydrogen-bond donors (Lipinski definition) is 0. The zero-order valence-corrected chi connectivity index (χ0v) is 54.7. The van der Waals surface area contributed by atoms with Crippen molar-refractivity contribution in [2.24, 2.45) is 0 Å². The Balaban J connectivity index is 1.04. The summed E-state index contributed by atoms with van der Waals surface area (Å²) in [6.07, 6.45) is 0. The first-order valence-electron chi connectivity index (χ1n) is 32.6. The molecule has 13 aromatic carbocycles. The maximum atomic E-state index is 10.2. The average molecular weight is 1320 g/mol. The second kappa shape index (κ2) is 26.0. The summed E-state index contributed by atoms with van der Waals surface area (Å²) < 4.78 is 4.45. The molecule has 0 saturated carbocycles. The Labute approximate surface area is 596 Å². The van der Waals surface area contributed by atoms with E-state index in [4.69, 9.17) is 47.8 Å². The van der Waals surface area contributed by atoms with Gasteiger partial charge in [0.05, 0.1) is 90.6 Å². The van der Waals surface area contributed by atoms with Crippen molar-refractivity contribution in [3.05, 3.63) is 346 Å². The quantitative estimate of drug-likeness (QED) is 0.116. The van der Waals surface area contributed by atoms with Crippen molar-refractivity contribution in [1.82, 2.24) is 24.1 Å². The van der Waals surface area contributed by atoms with Crippen LogP contribution in [0.2, 0.25) is 0 Å². The van der Waals surface area contributed by atoms with Gasteiger partial charge in [0.1, 0.15) is 0 Å². The highest BCUT2D eigenvalue weighted by Crippen LogP contribution is 2.47. The first kappa shape index (κ1) is 62.7. The van der Waals surface area contributed by atoms with Gasteiger partial charge in [-0.1, -0.05) is 115 Å². The van der Waals surface area contributed by atoms with Crippen LogP contribution >= 0.6 is 0 Å². The van der Waals surface area contributed by atoms with Gasteiger partial charge in [-0.3, -0.25) is 0 Å². The van der Waals surface area contributed by atoms with E-state index >= 15 is 0 Å². The van der Waals surface area contributed by atoms with E-state index in [2.05, 4.69) is 112 Å². The fourth-order valence-corrected chi connectivity index (χ4v) is 13.8. The molecule has 0 radical (unpaired) electrons. The number of fused-ring (bicyclic) bond motifs is 6. The Morgan fingerprint density at radius 3 is 0.933 bits per heavy atom. The predicted molar refractivity (Wildman–Crippen MR) is 408 cm³/mol. The molecule has 0 unspecified atom stereocenters. The van der Waals surface area contributed by atoms with Crippen LogP contribution in [0.5, 0.6) is 0 Å². The topological polar surface area (TPSA) is 165 Å². The van der Waals surface area contributed by atoms with Gasteiger partial charge in [0.15, 0.2) is 45.9 Å². The van der Waals surface area contributed by atoms with Crippen LogP contribution in [0.25, 0.3) is 180 Å². The molecule has 16 aromatic rings. The van der Waals surface area contributed by atoms with Crippen molar-refractivity contribution in [2.45, 2.75) is 0 Å². The minimum atomic E-state index is 0.314. The highest BCUT2D eigenvalue weighted by Gasteiger charge is 2.26. The number of aromatic nitrogens is 5. The van der Waals surface area contributed by atoms with Gasteiger partial charge in [-0.2, -0.15) is 21.0 Å². The van der Waals surface area contributed by atoms with Gasteiger partial charge in [-0.15, -0.1) is 0 Å². The molecule has 0 aliphatic carbocycles. The number of nitrogens with zero attached hydrogens (tertiary/aromatic N) is 14. The monoisotopic (exact) mass is 1320 g/mol. The molecule has 0 atom stereocenters. The normalized spacial score (nSPS) is 10.8. The van der Waals surface area contributed by atoms with E-state index in [1.807, 2.05) is 133 Å². The molecule has 3 aromatic heterocycles. The van der Waals surface area contributed by atoms with Crippen LogP contribution in [0.15, 0.2) is 267 Å². The van der Waals surface area contributed by atoms with Gasteiger partial charge in [0.2, 0.25) is 0 Å². The first-order chi connectivity index (χ1) is 51.0. The van der Waals surface area contributed by atoms with E-state index in [-0.39, 0.29) is 0 Å². The molecule has 14 nitrogen and oxygen atoms in total. The molecule has 3 heterocycles. The molecule has 104 heavy (non-hydrogen) atoms. The van der Waals surface area contributed by atoms with E-state index in [9.17, 15) is 21.0 Å². The summed E-state index contributed by atoms with van der Waals surface area (Å²) in [6, 6.07) is 93.5. The first-order valence-corrected chi connectivity index (χ1v) is 32.6. The van der Waals surface area contributed by atoms with Gasteiger partial charge >= 0.3 is 0 Å². The molecular formula is C90H44N14. The van der Waals surface area contributed by atoms with Crippen molar-refractivity contribution < 1.29 is 0 Å². The maximum Gasteiger partial charge on any atom is 0.189 e. The summed E-state index contributed by atoms with van der Waals surface area (Å²) in [7, 11) is 0. The number of benzene rings is 13. The molecule has 0 aliphatic rings. The molecule has 474 valence electrons. The Bertz CT molecular complexity index is 6340. The summed E-state index contributed by atoms with van der Waals surface area (Å²) in [5, 5.41) is 44.2. The van der Waals surface area contributed by atoms with Crippen molar-refractivity contribution in [1.29, 1.82) is 21.0 Å². The van der Waals surface area contributed by atoms with E-state index in [1.54, 1.807) is 78.9 Å². The van der Waals surface area contributed by atoms with Gasteiger partial charge in [0, 0.05) is 71.6 Å².